The molecule has 0 aromatic rings. The number of allylic oxidation sites excluding steroid dienone is 4. The fourth-order valence-corrected chi connectivity index (χ4v) is 2.01. The smallest absolute Gasteiger partial charge is 0.0108 e. The molecule has 1 nitrogen and oxygen atoms in total. The van der Waals surface area contributed by atoms with Crippen LogP contribution < -0.4 is 5.73 Å². The lowest BCUT2D eigenvalue weighted by atomic mass is 9.78. The summed E-state index contributed by atoms with van der Waals surface area (Å²) in [5.41, 5.74) is 8.82. The van der Waals surface area contributed by atoms with Gasteiger partial charge in [-0.25, -0.2) is 0 Å². The number of rotatable bonds is 1. The van der Waals surface area contributed by atoms with E-state index in [1.54, 1.807) is 0 Å². The van der Waals surface area contributed by atoms with E-state index in [-0.39, 0.29) is 0 Å². The molecule has 0 saturated heterocycles. The van der Waals surface area contributed by atoms with Crippen molar-refractivity contribution in [2.45, 2.75) is 32.7 Å². The summed E-state index contributed by atoms with van der Waals surface area (Å²) in [5, 5.41) is 0. The highest BCUT2D eigenvalue weighted by atomic mass is 14.7. The van der Waals surface area contributed by atoms with Gasteiger partial charge in [-0.05, 0) is 36.8 Å². The molecule has 0 heterocycles. The topological polar surface area (TPSA) is 26.0 Å². The van der Waals surface area contributed by atoms with Gasteiger partial charge in [-0.2, -0.15) is 0 Å². The van der Waals surface area contributed by atoms with Crippen molar-refractivity contribution in [3.05, 3.63) is 36.0 Å². The molecule has 1 fully saturated rings. The first-order valence-electron chi connectivity index (χ1n) is 4.94. The molecule has 0 bridgehead atoms. The zero-order chi connectivity index (χ0) is 9.84. The average molecular weight is 177 g/mol. The van der Waals surface area contributed by atoms with E-state index in [9.17, 15) is 0 Å². The Morgan fingerprint density at radius 1 is 1.54 bits per heavy atom. The first kappa shape index (κ1) is 10.3. The SMILES string of the molecule is C=C/C=C1/CCC(N)C(C)/C1=C/C. The number of hydrogen-bond acceptors (Lipinski definition) is 1. The molecule has 0 aromatic carbocycles. The standard InChI is InChI=1S/C12H19N/c1-4-6-10-7-8-12(13)9(3)11(10)5-2/h4-6,9,12H,1,7-8,13H2,2-3H3/b10-6-,11-5-. The van der Waals surface area contributed by atoms with Crippen LogP contribution >= 0.6 is 0 Å². The molecule has 1 rings (SSSR count). The van der Waals surface area contributed by atoms with Crippen molar-refractivity contribution in [2.75, 3.05) is 0 Å². The van der Waals surface area contributed by atoms with Crippen molar-refractivity contribution in [3.8, 4) is 0 Å². The van der Waals surface area contributed by atoms with Gasteiger partial charge >= 0.3 is 0 Å². The molecule has 2 N–H and O–H groups in total. The third kappa shape index (κ3) is 2.10. The second kappa shape index (κ2) is 4.43. The fraction of sp³-hybridized carbons (Fsp3) is 0.500. The van der Waals surface area contributed by atoms with Crippen LogP contribution in [0.4, 0.5) is 0 Å². The summed E-state index contributed by atoms with van der Waals surface area (Å²) in [4.78, 5) is 0. The molecule has 1 saturated carbocycles. The largest absolute Gasteiger partial charge is 0.327 e. The second-order valence-electron chi connectivity index (χ2n) is 3.66. The summed E-state index contributed by atoms with van der Waals surface area (Å²) in [7, 11) is 0. The zero-order valence-corrected chi connectivity index (χ0v) is 8.59. The van der Waals surface area contributed by atoms with Gasteiger partial charge in [-0.3, -0.25) is 0 Å². The summed E-state index contributed by atoms with van der Waals surface area (Å²) in [6, 6.07) is 0.327. The van der Waals surface area contributed by atoms with Crippen molar-refractivity contribution in [1.82, 2.24) is 0 Å². The third-order valence-corrected chi connectivity index (χ3v) is 2.88. The highest BCUT2D eigenvalue weighted by Gasteiger charge is 2.24. The third-order valence-electron chi connectivity index (χ3n) is 2.88. The van der Waals surface area contributed by atoms with Gasteiger partial charge in [0.15, 0.2) is 0 Å². The molecule has 0 radical (unpaired) electrons. The lowest BCUT2D eigenvalue weighted by Crippen LogP contribution is -2.33. The Hall–Kier alpha value is -0.820. The van der Waals surface area contributed by atoms with Crippen molar-refractivity contribution in [3.63, 3.8) is 0 Å². The molecule has 1 aliphatic rings. The molecular weight excluding hydrogens is 158 g/mol. The molecule has 2 unspecified atom stereocenters. The van der Waals surface area contributed by atoms with Gasteiger partial charge < -0.3 is 5.73 Å². The Morgan fingerprint density at radius 3 is 2.77 bits per heavy atom. The van der Waals surface area contributed by atoms with Crippen LogP contribution in [0.5, 0.6) is 0 Å². The molecule has 1 aliphatic carbocycles. The maximum Gasteiger partial charge on any atom is 0.0108 e. The van der Waals surface area contributed by atoms with Gasteiger partial charge in [0.05, 0.1) is 0 Å². The lowest BCUT2D eigenvalue weighted by molar-refractivity contribution is 0.453. The fourth-order valence-electron chi connectivity index (χ4n) is 2.01. The summed E-state index contributed by atoms with van der Waals surface area (Å²) in [5.74, 6) is 0.491. The molecule has 0 amide bonds. The minimum absolute atomic E-state index is 0.327. The van der Waals surface area contributed by atoms with Gasteiger partial charge in [0, 0.05) is 6.04 Å². The van der Waals surface area contributed by atoms with E-state index < -0.39 is 0 Å². The van der Waals surface area contributed by atoms with Crippen LogP contribution in [0.25, 0.3) is 0 Å². The molecular formula is C12H19N. The van der Waals surface area contributed by atoms with E-state index in [4.69, 9.17) is 5.73 Å². The van der Waals surface area contributed by atoms with Gasteiger partial charge in [0.25, 0.3) is 0 Å². The summed E-state index contributed by atoms with van der Waals surface area (Å²) in [6.45, 7) is 8.02. The van der Waals surface area contributed by atoms with Crippen LogP contribution in [0.2, 0.25) is 0 Å². The Bertz CT molecular complexity index is 248. The maximum atomic E-state index is 6.01. The molecule has 72 valence electrons. The average Bonchev–Trinajstić information content (AvgIpc) is 2.12. The molecule has 0 aliphatic heterocycles. The summed E-state index contributed by atoms with van der Waals surface area (Å²) in [6.07, 6.45) is 8.34. The Morgan fingerprint density at radius 2 is 2.23 bits per heavy atom. The van der Waals surface area contributed by atoms with E-state index in [2.05, 4.69) is 32.6 Å². The van der Waals surface area contributed by atoms with Crippen LogP contribution in [0.15, 0.2) is 36.0 Å². The predicted molar refractivity (Wildman–Crippen MR) is 58.4 cm³/mol. The van der Waals surface area contributed by atoms with E-state index in [0.717, 1.165) is 12.8 Å². The van der Waals surface area contributed by atoms with E-state index in [1.165, 1.54) is 11.1 Å². The van der Waals surface area contributed by atoms with Gasteiger partial charge in [0.2, 0.25) is 0 Å². The minimum atomic E-state index is 0.327. The Kier molecular flexibility index (Phi) is 3.49. The number of hydrogen-bond donors (Lipinski definition) is 1. The lowest BCUT2D eigenvalue weighted by Gasteiger charge is -2.30. The van der Waals surface area contributed by atoms with Crippen LogP contribution in [0, 0.1) is 5.92 Å². The van der Waals surface area contributed by atoms with E-state index >= 15 is 0 Å². The second-order valence-corrected chi connectivity index (χ2v) is 3.66. The van der Waals surface area contributed by atoms with Crippen molar-refractivity contribution >= 4 is 0 Å². The van der Waals surface area contributed by atoms with Crippen molar-refractivity contribution < 1.29 is 0 Å². The number of nitrogens with two attached hydrogens (primary N) is 1. The highest BCUT2D eigenvalue weighted by molar-refractivity contribution is 5.37. The predicted octanol–water partition coefficient (Wildman–Crippen LogP) is 2.80. The highest BCUT2D eigenvalue weighted by Crippen LogP contribution is 2.32. The molecule has 0 aromatic heterocycles. The monoisotopic (exact) mass is 177 g/mol. The van der Waals surface area contributed by atoms with E-state index in [1.807, 2.05) is 6.08 Å². The Labute approximate surface area is 81.0 Å². The van der Waals surface area contributed by atoms with Crippen LogP contribution in [-0.4, -0.2) is 6.04 Å². The minimum Gasteiger partial charge on any atom is -0.327 e. The molecule has 2 atom stereocenters. The summed E-state index contributed by atoms with van der Waals surface area (Å²) < 4.78 is 0. The quantitative estimate of drug-likeness (QED) is 0.655. The van der Waals surface area contributed by atoms with Crippen molar-refractivity contribution in [2.24, 2.45) is 11.7 Å². The van der Waals surface area contributed by atoms with Gasteiger partial charge in [-0.1, -0.05) is 31.7 Å². The van der Waals surface area contributed by atoms with Gasteiger partial charge in [-0.15, -0.1) is 0 Å². The summed E-state index contributed by atoms with van der Waals surface area (Å²) >= 11 is 0. The van der Waals surface area contributed by atoms with Crippen LogP contribution in [-0.2, 0) is 0 Å². The van der Waals surface area contributed by atoms with Gasteiger partial charge in [0.1, 0.15) is 0 Å². The first-order valence-corrected chi connectivity index (χ1v) is 4.94. The first-order chi connectivity index (χ1) is 6.20. The van der Waals surface area contributed by atoms with E-state index in [0.29, 0.717) is 12.0 Å². The Balaban J connectivity index is 2.91. The molecule has 13 heavy (non-hydrogen) atoms. The molecule has 0 spiro atoms. The van der Waals surface area contributed by atoms with Crippen LogP contribution in [0.1, 0.15) is 26.7 Å². The zero-order valence-electron chi connectivity index (χ0n) is 8.59. The maximum absolute atomic E-state index is 6.01. The normalized spacial score (nSPS) is 35.3. The van der Waals surface area contributed by atoms with Crippen LogP contribution in [0.3, 0.4) is 0 Å². The molecule has 1 heteroatoms. The van der Waals surface area contributed by atoms with Crippen molar-refractivity contribution in [1.29, 1.82) is 0 Å².